The normalized spacial score (nSPS) is 14.8. The molecule has 4 aromatic rings. The molecule has 0 radical (unpaired) electrons. The molecule has 1 aliphatic heterocycles. The van der Waals surface area contributed by atoms with E-state index in [1.54, 1.807) is 21.6 Å². The molecule has 0 atom stereocenters. The highest BCUT2D eigenvalue weighted by Crippen LogP contribution is 2.24. The number of nitrogens with zero attached hydrogens (tertiary/aromatic N) is 7. The van der Waals surface area contributed by atoms with Gasteiger partial charge in [-0.25, -0.2) is 9.50 Å². The number of rotatable bonds is 4. The number of aryl methyl sites for hydroxylation is 1. The Kier molecular flexibility index (Phi) is 4.87. The minimum atomic E-state index is -0.237. The van der Waals surface area contributed by atoms with E-state index in [1.165, 1.54) is 0 Å². The quantitative estimate of drug-likeness (QED) is 0.549. The summed E-state index contributed by atoms with van der Waals surface area (Å²) in [7, 11) is 2.12. The molecule has 1 aliphatic rings. The number of carbonyl (C=O) groups excluding carboxylic acids is 1. The lowest BCUT2D eigenvalue weighted by molar-refractivity contribution is 0.102. The van der Waals surface area contributed by atoms with E-state index in [2.05, 4.69) is 32.2 Å². The summed E-state index contributed by atoms with van der Waals surface area (Å²) in [5, 5.41) is 12.1. The number of nitrogens with one attached hydrogen (secondary N) is 1. The molecular formula is C22H24N8O. The van der Waals surface area contributed by atoms with Gasteiger partial charge in [0.05, 0.1) is 17.3 Å². The minimum Gasteiger partial charge on any atom is -0.353 e. The second-order valence-electron chi connectivity index (χ2n) is 7.83. The van der Waals surface area contributed by atoms with Gasteiger partial charge in [0.2, 0.25) is 0 Å². The molecule has 9 nitrogen and oxygen atoms in total. The van der Waals surface area contributed by atoms with Crippen LogP contribution in [0.15, 0.2) is 55.0 Å². The van der Waals surface area contributed by atoms with Gasteiger partial charge in [-0.1, -0.05) is 12.1 Å². The van der Waals surface area contributed by atoms with Crippen LogP contribution >= 0.6 is 0 Å². The number of pyridine rings is 2. The van der Waals surface area contributed by atoms with Crippen LogP contribution in [0.5, 0.6) is 0 Å². The van der Waals surface area contributed by atoms with Gasteiger partial charge in [-0.05, 0) is 37.7 Å². The molecule has 4 aromatic heterocycles. The molecule has 0 saturated carbocycles. The van der Waals surface area contributed by atoms with E-state index < -0.39 is 0 Å². The van der Waals surface area contributed by atoms with Crippen LogP contribution < -0.4 is 10.2 Å². The van der Waals surface area contributed by atoms with Crippen molar-refractivity contribution in [2.45, 2.75) is 6.92 Å². The Morgan fingerprint density at radius 3 is 2.65 bits per heavy atom. The van der Waals surface area contributed by atoms with Crippen LogP contribution in [0.3, 0.4) is 0 Å². The number of fused-ring (bicyclic) bond motifs is 1. The maximum Gasteiger partial charge on any atom is 0.260 e. The lowest BCUT2D eigenvalue weighted by Crippen LogP contribution is -2.44. The van der Waals surface area contributed by atoms with Gasteiger partial charge >= 0.3 is 0 Å². The first-order valence-electron chi connectivity index (χ1n) is 10.3. The highest BCUT2D eigenvalue weighted by molar-refractivity contribution is 6.08. The Bertz CT molecular complexity index is 1220. The molecule has 1 saturated heterocycles. The standard InChI is InChI=1S/C22H24N8O/c1-16-6-7-19(23-14-16)30-20(13-21(26-30)28-11-9-27(2)10-12-28)25-22(31)17-15-24-29-8-4-3-5-18(17)29/h3-8,13-15H,9-12H2,1-2H3,(H,25,31). The zero-order valence-electron chi connectivity index (χ0n) is 17.6. The van der Waals surface area contributed by atoms with Crippen molar-refractivity contribution in [3.63, 3.8) is 0 Å². The fraction of sp³-hybridized carbons (Fsp3) is 0.273. The number of piperazine rings is 1. The molecular weight excluding hydrogens is 392 g/mol. The summed E-state index contributed by atoms with van der Waals surface area (Å²) in [6.07, 6.45) is 5.19. The van der Waals surface area contributed by atoms with Crippen LogP contribution in [0.25, 0.3) is 11.3 Å². The van der Waals surface area contributed by atoms with Gasteiger partial charge in [-0.2, -0.15) is 9.78 Å². The van der Waals surface area contributed by atoms with E-state index in [0.717, 1.165) is 43.1 Å². The van der Waals surface area contributed by atoms with E-state index in [0.29, 0.717) is 17.2 Å². The van der Waals surface area contributed by atoms with Gasteiger partial charge in [0.25, 0.3) is 5.91 Å². The fourth-order valence-electron chi connectivity index (χ4n) is 3.70. The number of carbonyl (C=O) groups is 1. The summed E-state index contributed by atoms with van der Waals surface area (Å²) in [5.74, 6) is 1.82. The largest absolute Gasteiger partial charge is 0.353 e. The van der Waals surface area contributed by atoms with Crippen molar-refractivity contribution in [2.24, 2.45) is 0 Å². The molecule has 158 valence electrons. The van der Waals surface area contributed by atoms with Crippen LogP contribution in [0, 0.1) is 6.92 Å². The second kappa shape index (κ2) is 7.84. The summed E-state index contributed by atoms with van der Waals surface area (Å²) in [5.41, 5.74) is 2.32. The van der Waals surface area contributed by atoms with Gasteiger partial charge in [-0.3, -0.25) is 4.79 Å². The summed E-state index contributed by atoms with van der Waals surface area (Å²) >= 11 is 0. The Hall–Kier alpha value is -3.72. The molecule has 5 heterocycles. The van der Waals surface area contributed by atoms with Crippen LogP contribution in [-0.4, -0.2) is 68.4 Å². The van der Waals surface area contributed by atoms with Gasteiger partial charge < -0.3 is 15.1 Å². The van der Waals surface area contributed by atoms with Gasteiger partial charge in [0, 0.05) is 44.6 Å². The first-order valence-corrected chi connectivity index (χ1v) is 10.3. The van der Waals surface area contributed by atoms with Gasteiger partial charge in [-0.15, -0.1) is 5.10 Å². The number of hydrogen-bond donors (Lipinski definition) is 1. The van der Waals surface area contributed by atoms with Crippen molar-refractivity contribution in [3.05, 3.63) is 66.1 Å². The highest BCUT2D eigenvalue weighted by atomic mass is 16.1. The number of aromatic nitrogens is 5. The Balaban J connectivity index is 1.50. The van der Waals surface area contributed by atoms with Crippen molar-refractivity contribution >= 4 is 23.1 Å². The Morgan fingerprint density at radius 1 is 1.03 bits per heavy atom. The molecule has 9 heteroatoms. The fourth-order valence-corrected chi connectivity index (χ4v) is 3.70. The molecule has 0 aliphatic carbocycles. The molecule has 1 N–H and O–H groups in total. The lowest BCUT2D eigenvalue weighted by Gasteiger charge is -2.32. The van der Waals surface area contributed by atoms with Crippen LogP contribution in [-0.2, 0) is 0 Å². The summed E-state index contributed by atoms with van der Waals surface area (Å²) in [6, 6.07) is 11.4. The van der Waals surface area contributed by atoms with Crippen LogP contribution in [0.1, 0.15) is 15.9 Å². The molecule has 1 amide bonds. The van der Waals surface area contributed by atoms with E-state index in [9.17, 15) is 4.79 Å². The van der Waals surface area contributed by atoms with Crippen molar-refractivity contribution < 1.29 is 4.79 Å². The Morgan fingerprint density at radius 2 is 1.87 bits per heavy atom. The number of likely N-dealkylation sites (N-methyl/N-ethyl adjacent to an activating group) is 1. The number of anilines is 2. The summed E-state index contributed by atoms with van der Waals surface area (Å²) in [6.45, 7) is 5.70. The zero-order valence-corrected chi connectivity index (χ0v) is 17.6. The maximum absolute atomic E-state index is 13.1. The monoisotopic (exact) mass is 416 g/mol. The number of amides is 1. The first kappa shape index (κ1) is 19.3. The van der Waals surface area contributed by atoms with E-state index >= 15 is 0 Å². The maximum atomic E-state index is 13.1. The topological polar surface area (TPSA) is 83.6 Å². The Labute approximate surface area is 179 Å². The summed E-state index contributed by atoms with van der Waals surface area (Å²) < 4.78 is 3.38. The predicted molar refractivity (Wildman–Crippen MR) is 119 cm³/mol. The molecule has 0 bridgehead atoms. The third-order valence-electron chi connectivity index (χ3n) is 5.55. The van der Waals surface area contributed by atoms with Crippen molar-refractivity contribution in [3.8, 4) is 5.82 Å². The van der Waals surface area contributed by atoms with Gasteiger partial charge in [0.15, 0.2) is 11.6 Å². The SMILES string of the molecule is Cc1ccc(-n2nc(N3CCN(C)CC3)cc2NC(=O)c2cnn3ccccc23)nc1. The third-order valence-corrected chi connectivity index (χ3v) is 5.55. The highest BCUT2D eigenvalue weighted by Gasteiger charge is 2.21. The smallest absolute Gasteiger partial charge is 0.260 e. The molecule has 0 spiro atoms. The average molecular weight is 416 g/mol. The lowest BCUT2D eigenvalue weighted by atomic mass is 10.2. The average Bonchev–Trinajstić information content (AvgIpc) is 3.39. The number of hydrogen-bond acceptors (Lipinski definition) is 6. The first-order chi connectivity index (χ1) is 15.1. The zero-order chi connectivity index (χ0) is 21.4. The van der Waals surface area contributed by atoms with E-state index in [-0.39, 0.29) is 5.91 Å². The minimum absolute atomic E-state index is 0.237. The van der Waals surface area contributed by atoms with Crippen molar-refractivity contribution in [2.75, 3.05) is 43.4 Å². The molecule has 0 unspecified atom stereocenters. The summed E-state index contributed by atoms with van der Waals surface area (Å²) in [4.78, 5) is 22.1. The second-order valence-corrected chi connectivity index (χ2v) is 7.83. The van der Waals surface area contributed by atoms with Crippen molar-refractivity contribution in [1.82, 2.24) is 29.3 Å². The molecule has 1 fully saturated rings. The van der Waals surface area contributed by atoms with E-state index in [1.807, 2.05) is 49.5 Å². The predicted octanol–water partition coefficient (Wildman–Crippen LogP) is 2.23. The molecule has 0 aromatic carbocycles. The van der Waals surface area contributed by atoms with Crippen LogP contribution in [0.4, 0.5) is 11.6 Å². The van der Waals surface area contributed by atoms with Gasteiger partial charge in [0.1, 0.15) is 5.82 Å². The molecule has 5 rings (SSSR count). The van der Waals surface area contributed by atoms with E-state index in [4.69, 9.17) is 5.10 Å². The van der Waals surface area contributed by atoms with Crippen LogP contribution in [0.2, 0.25) is 0 Å². The third kappa shape index (κ3) is 3.75. The van der Waals surface area contributed by atoms with Crippen molar-refractivity contribution in [1.29, 1.82) is 0 Å². The molecule has 31 heavy (non-hydrogen) atoms.